The number of carbonyl (C=O) groups excluding carboxylic acids is 1. The molecule has 2 heterocycles. The lowest BCUT2D eigenvalue weighted by atomic mass is 9.67. The van der Waals surface area contributed by atoms with E-state index in [1.54, 1.807) is 25.3 Å². The average molecular weight is 362 g/mol. The number of fused-ring (bicyclic) bond motifs is 1. The molecule has 2 fully saturated rings. The minimum Gasteiger partial charge on any atom is -0.384 e. The van der Waals surface area contributed by atoms with Gasteiger partial charge in [0.15, 0.2) is 0 Å². The van der Waals surface area contributed by atoms with Crippen LogP contribution in [-0.2, 0) is 9.47 Å². The summed E-state index contributed by atoms with van der Waals surface area (Å²) < 4.78 is 11.0. The van der Waals surface area contributed by atoms with Crippen LogP contribution in [0.3, 0.4) is 0 Å². The number of ether oxygens (including phenoxy) is 2. The predicted octanol–water partition coefficient (Wildman–Crippen LogP) is 2.51. The van der Waals surface area contributed by atoms with Crippen LogP contribution in [0.5, 0.6) is 0 Å². The van der Waals surface area contributed by atoms with Gasteiger partial charge in [-0.05, 0) is 24.6 Å². The van der Waals surface area contributed by atoms with Crippen molar-refractivity contribution in [3.63, 3.8) is 0 Å². The first-order chi connectivity index (χ1) is 12.2. The lowest BCUT2D eigenvalue weighted by molar-refractivity contribution is -0.0810. The summed E-state index contributed by atoms with van der Waals surface area (Å²) in [6.45, 7) is 1.35. The molecule has 2 aromatic rings. The van der Waals surface area contributed by atoms with Crippen molar-refractivity contribution in [1.82, 2.24) is 15.5 Å². The third-order valence-corrected chi connectivity index (χ3v) is 5.40. The van der Waals surface area contributed by atoms with Crippen LogP contribution in [0.4, 0.5) is 0 Å². The van der Waals surface area contributed by atoms with Gasteiger partial charge in [-0.3, -0.25) is 9.89 Å². The molecule has 0 spiro atoms. The Balaban J connectivity index is 1.45. The van der Waals surface area contributed by atoms with E-state index in [0.717, 1.165) is 18.6 Å². The van der Waals surface area contributed by atoms with Crippen molar-refractivity contribution in [2.75, 3.05) is 20.3 Å². The molecule has 1 aromatic carbocycles. The number of rotatable bonds is 5. The summed E-state index contributed by atoms with van der Waals surface area (Å²) in [6, 6.07) is 9.19. The number of hydrogen-bond acceptors (Lipinski definition) is 4. The molecular weight excluding hydrogens is 342 g/mol. The Morgan fingerprint density at radius 2 is 2.24 bits per heavy atom. The third-order valence-electron chi connectivity index (χ3n) is 5.15. The van der Waals surface area contributed by atoms with E-state index in [0.29, 0.717) is 28.9 Å². The molecule has 1 saturated heterocycles. The van der Waals surface area contributed by atoms with Crippen molar-refractivity contribution < 1.29 is 14.3 Å². The number of carbonyl (C=O) groups is 1. The summed E-state index contributed by atoms with van der Waals surface area (Å²) in [4.78, 5) is 12.6. The molecule has 2 N–H and O–H groups in total. The standard InChI is InChI=1S/C18H20ClN3O3/c1-24-9-13-16(12-6-7-25-17(12)13)20-18(23)15-8-14(21-22-15)10-2-4-11(19)5-3-10/h2-5,8,12-13,16-17H,6-7,9H2,1H3,(H,20,23)(H,21,22)/t12-,13-,16-,17-/m0/s1. The van der Waals surface area contributed by atoms with Crippen LogP contribution in [0.2, 0.25) is 5.02 Å². The maximum absolute atomic E-state index is 12.6. The summed E-state index contributed by atoms with van der Waals surface area (Å²) in [5.74, 6) is 0.437. The second kappa shape index (κ2) is 6.78. The molecule has 7 heteroatoms. The number of nitrogens with zero attached hydrogens (tertiary/aromatic N) is 1. The van der Waals surface area contributed by atoms with Gasteiger partial charge in [-0.1, -0.05) is 23.7 Å². The fourth-order valence-electron chi connectivity index (χ4n) is 3.87. The highest BCUT2D eigenvalue weighted by molar-refractivity contribution is 6.30. The molecule has 0 bridgehead atoms. The SMILES string of the molecule is COC[C@H]1[C@@H](NC(=O)c2cc(-c3ccc(Cl)cc3)n[nH]2)[C@@H]2CCO[C@@H]21. The number of aromatic amines is 1. The molecule has 0 unspecified atom stereocenters. The van der Waals surface area contributed by atoms with Crippen LogP contribution >= 0.6 is 11.6 Å². The van der Waals surface area contributed by atoms with Crippen molar-refractivity contribution in [2.24, 2.45) is 11.8 Å². The van der Waals surface area contributed by atoms with Gasteiger partial charge in [-0.2, -0.15) is 5.10 Å². The molecular formula is C18H20ClN3O3. The highest BCUT2D eigenvalue weighted by atomic mass is 35.5. The van der Waals surface area contributed by atoms with Gasteiger partial charge in [0.2, 0.25) is 0 Å². The van der Waals surface area contributed by atoms with Gasteiger partial charge < -0.3 is 14.8 Å². The summed E-state index contributed by atoms with van der Waals surface area (Å²) in [5, 5.41) is 10.8. The van der Waals surface area contributed by atoms with Gasteiger partial charge in [-0.15, -0.1) is 0 Å². The number of hydrogen-bond donors (Lipinski definition) is 2. The number of amides is 1. The van der Waals surface area contributed by atoms with Gasteiger partial charge in [-0.25, -0.2) is 0 Å². The lowest BCUT2D eigenvalue weighted by Crippen LogP contribution is -2.62. The van der Waals surface area contributed by atoms with Crippen LogP contribution in [-0.4, -0.2) is 48.6 Å². The fourth-order valence-corrected chi connectivity index (χ4v) is 4.00. The number of nitrogens with one attached hydrogen (secondary N) is 2. The van der Waals surface area contributed by atoms with E-state index in [9.17, 15) is 4.79 Å². The molecule has 0 radical (unpaired) electrons. The number of benzene rings is 1. The van der Waals surface area contributed by atoms with Crippen LogP contribution in [0.25, 0.3) is 11.3 Å². The Labute approximate surface area is 150 Å². The highest BCUT2D eigenvalue weighted by Crippen LogP contribution is 2.43. The number of aromatic nitrogens is 2. The zero-order chi connectivity index (χ0) is 17.4. The Bertz CT molecular complexity index is 761. The molecule has 2 aliphatic rings. The van der Waals surface area contributed by atoms with Crippen molar-refractivity contribution in [3.05, 3.63) is 41.0 Å². The first-order valence-corrected chi connectivity index (χ1v) is 8.78. The van der Waals surface area contributed by atoms with Crippen molar-refractivity contribution >= 4 is 17.5 Å². The maximum Gasteiger partial charge on any atom is 0.269 e. The van der Waals surface area contributed by atoms with Gasteiger partial charge in [0, 0.05) is 42.2 Å². The summed E-state index contributed by atoms with van der Waals surface area (Å²) in [6.07, 6.45) is 1.19. The van der Waals surface area contributed by atoms with Crippen molar-refractivity contribution in [1.29, 1.82) is 0 Å². The Morgan fingerprint density at radius 1 is 1.44 bits per heavy atom. The van der Waals surface area contributed by atoms with E-state index in [2.05, 4.69) is 15.5 Å². The van der Waals surface area contributed by atoms with Crippen LogP contribution in [0.15, 0.2) is 30.3 Å². The number of H-pyrrole nitrogens is 1. The van der Waals surface area contributed by atoms with Gasteiger partial charge >= 0.3 is 0 Å². The number of halogens is 1. The fraction of sp³-hybridized carbons (Fsp3) is 0.444. The Morgan fingerprint density at radius 3 is 3.00 bits per heavy atom. The molecule has 6 nitrogen and oxygen atoms in total. The molecule has 1 aromatic heterocycles. The third kappa shape index (κ3) is 3.05. The van der Waals surface area contributed by atoms with E-state index >= 15 is 0 Å². The minimum atomic E-state index is -0.149. The first-order valence-electron chi connectivity index (χ1n) is 8.40. The number of methoxy groups -OCH3 is 1. The molecule has 1 saturated carbocycles. The van der Waals surface area contributed by atoms with E-state index in [1.165, 1.54) is 0 Å². The molecule has 4 atom stereocenters. The summed E-state index contributed by atoms with van der Waals surface area (Å²) in [5.41, 5.74) is 2.07. The average Bonchev–Trinajstić information content (AvgIpc) is 3.26. The van der Waals surface area contributed by atoms with Crippen molar-refractivity contribution in [3.8, 4) is 11.3 Å². The van der Waals surface area contributed by atoms with E-state index in [-0.39, 0.29) is 24.0 Å². The van der Waals surface area contributed by atoms with Crippen molar-refractivity contribution in [2.45, 2.75) is 18.6 Å². The second-order valence-corrected chi connectivity index (χ2v) is 7.02. The molecule has 1 aliphatic carbocycles. The Hall–Kier alpha value is -1.89. The van der Waals surface area contributed by atoms with Gasteiger partial charge in [0.05, 0.1) is 18.4 Å². The minimum absolute atomic E-state index is 0.0854. The van der Waals surface area contributed by atoms with E-state index < -0.39 is 0 Å². The largest absolute Gasteiger partial charge is 0.384 e. The summed E-state index contributed by atoms with van der Waals surface area (Å²) in [7, 11) is 1.68. The summed E-state index contributed by atoms with van der Waals surface area (Å²) >= 11 is 5.91. The topological polar surface area (TPSA) is 76.2 Å². The predicted molar refractivity (Wildman–Crippen MR) is 93.5 cm³/mol. The highest BCUT2D eigenvalue weighted by Gasteiger charge is 2.54. The van der Waals surface area contributed by atoms with Gasteiger partial charge in [0.1, 0.15) is 5.69 Å². The van der Waals surface area contributed by atoms with Crippen LogP contribution in [0, 0.1) is 11.8 Å². The van der Waals surface area contributed by atoms with E-state index in [1.807, 2.05) is 12.1 Å². The molecule has 1 aliphatic heterocycles. The normalized spacial score (nSPS) is 27.6. The van der Waals surface area contributed by atoms with Crippen LogP contribution < -0.4 is 5.32 Å². The van der Waals surface area contributed by atoms with Gasteiger partial charge in [0.25, 0.3) is 5.91 Å². The Kier molecular flexibility index (Phi) is 4.50. The molecule has 4 rings (SSSR count). The monoisotopic (exact) mass is 361 g/mol. The maximum atomic E-state index is 12.6. The van der Waals surface area contributed by atoms with E-state index in [4.69, 9.17) is 21.1 Å². The lowest BCUT2D eigenvalue weighted by Gasteiger charge is -2.47. The molecule has 25 heavy (non-hydrogen) atoms. The molecule has 132 valence electrons. The smallest absolute Gasteiger partial charge is 0.269 e. The zero-order valence-corrected chi connectivity index (χ0v) is 14.6. The zero-order valence-electron chi connectivity index (χ0n) is 13.9. The quantitative estimate of drug-likeness (QED) is 0.858. The van der Waals surface area contributed by atoms with Crippen LogP contribution in [0.1, 0.15) is 16.9 Å². The first kappa shape index (κ1) is 16.6. The molecule has 1 amide bonds. The second-order valence-electron chi connectivity index (χ2n) is 6.58.